The highest BCUT2D eigenvalue weighted by molar-refractivity contribution is 5.80. The van der Waals surface area contributed by atoms with E-state index in [2.05, 4.69) is 23.1 Å². The van der Waals surface area contributed by atoms with Gasteiger partial charge in [0.1, 0.15) is 5.82 Å². The third kappa shape index (κ3) is 2.06. The third-order valence-corrected chi connectivity index (χ3v) is 3.73. The Balaban J connectivity index is 1.95. The van der Waals surface area contributed by atoms with E-state index in [9.17, 15) is 5.11 Å². The van der Waals surface area contributed by atoms with E-state index in [0.717, 1.165) is 11.3 Å². The van der Waals surface area contributed by atoms with Gasteiger partial charge in [-0.05, 0) is 37.5 Å². The smallest absolute Gasteiger partial charge is 0.129 e. The normalized spacial score (nSPS) is 15.6. The standard InChI is InChI=1S/C15H18N2O/c18-11-10-17(13-5-3-6-13)15-9-8-12-4-1-2-7-14(12)16-15/h1-2,4,7-9,13,18H,3,5-6,10-11H2. The Hall–Kier alpha value is -1.61. The monoisotopic (exact) mass is 242 g/mol. The van der Waals surface area contributed by atoms with Crippen LogP contribution in [-0.4, -0.2) is 29.3 Å². The first-order valence-corrected chi connectivity index (χ1v) is 6.62. The molecule has 0 atom stereocenters. The molecule has 18 heavy (non-hydrogen) atoms. The summed E-state index contributed by atoms with van der Waals surface area (Å²) in [5.74, 6) is 0.993. The zero-order chi connectivity index (χ0) is 12.4. The van der Waals surface area contributed by atoms with Crippen LogP contribution in [0.5, 0.6) is 0 Å². The maximum atomic E-state index is 9.21. The Bertz CT molecular complexity index is 537. The summed E-state index contributed by atoms with van der Waals surface area (Å²) in [4.78, 5) is 6.96. The maximum Gasteiger partial charge on any atom is 0.129 e. The minimum absolute atomic E-state index is 0.186. The molecule has 0 spiro atoms. The first-order chi connectivity index (χ1) is 8.88. The molecule has 1 aromatic heterocycles. The fraction of sp³-hybridized carbons (Fsp3) is 0.400. The number of aromatic nitrogens is 1. The Morgan fingerprint density at radius 3 is 2.72 bits per heavy atom. The van der Waals surface area contributed by atoms with Crippen molar-refractivity contribution >= 4 is 16.7 Å². The molecule has 0 unspecified atom stereocenters. The molecule has 0 bridgehead atoms. The van der Waals surface area contributed by atoms with Crippen LogP contribution >= 0.6 is 0 Å². The molecule has 1 saturated carbocycles. The van der Waals surface area contributed by atoms with Crippen LogP contribution in [0, 0.1) is 0 Å². The summed E-state index contributed by atoms with van der Waals surface area (Å²) in [5.41, 5.74) is 1.03. The quantitative estimate of drug-likeness (QED) is 0.895. The molecular formula is C15H18N2O. The summed E-state index contributed by atoms with van der Waals surface area (Å²) < 4.78 is 0. The van der Waals surface area contributed by atoms with E-state index in [0.29, 0.717) is 12.6 Å². The topological polar surface area (TPSA) is 36.4 Å². The minimum atomic E-state index is 0.186. The number of nitrogens with zero attached hydrogens (tertiary/aromatic N) is 2. The molecular weight excluding hydrogens is 224 g/mol. The van der Waals surface area contributed by atoms with Crippen molar-refractivity contribution in [2.45, 2.75) is 25.3 Å². The minimum Gasteiger partial charge on any atom is -0.395 e. The number of benzene rings is 1. The lowest BCUT2D eigenvalue weighted by Crippen LogP contribution is -2.42. The molecule has 1 aliphatic rings. The summed E-state index contributed by atoms with van der Waals surface area (Å²) >= 11 is 0. The molecule has 1 heterocycles. The summed E-state index contributed by atoms with van der Waals surface area (Å²) in [6.45, 7) is 0.862. The molecule has 94 valence electrons. The summed E-state index contributed by atoms with van der Waals surface area (Å²) in [5, 5.41) is 10.4. The van der Waals surface area contributed by atoms with Crippen LogP contribution in [0.1, 0.15) is 19.3 Å². The van der Waals surface area contributed by atoms with Gasteiger partial charge in [-0.2, -0.15) is 0 Å². The van der Waals surface area contributed by atoms with Gasteiger partial charge < -0.3 is 10.0 Å². The lowest BCUT2D eigenvalue weighted by molar-refractivity contribution is 0.283. The van der Waals surface area contributed by atoms with Gasteiger partial charge in [-0.25, -0.2) is 4.98 Å². The largest absolute Gasteiger partial charge is 0.395 e. The van der Waals surface area contributed by atoms with Crippen LogP contribution in [-0.2, 0) is 0 Å². The van der Waals surface area contributed by atoms with Crippen molar-refractivity contribution in [1.82, 2.24) is 4.98 Å². The lowest BCUT2D eigenvalue weighted by atomic mass is 9.91. The highest BCUT2D eigenvalue weighted by Crippen LogP contribution is 2.29. The van der Waals surface area contributed by atoms with Gasteiger partial charge >= 0.3 is 0 Å². The fourth-order valence-electron chi connectivity index (χ4n) is 2.51. The molecule has 3 nitrogen and oxygen atoms in total. The van der Waals surface area contributed by atoms with Gasteiger partial charge in [0, 0.05) is 18.0 Å². The van der Waals surface area contributed by atoms with Crippen molar-refractivity contribution in [3.05, 3.63) is 36.4 Å². The first-order valence-electron chi connectivity index (χ1n) is 6.62. The van der Waals surface area contributed by atoms with Crippen molar-refractivity contribution in [2.75, 3.05) is 18.1 Å². The molecule has 1 aliphatic carbocycles. The second-order valence-corrected chi connectivity index (χ2v) is 4.86. The maximum absolute atomic E-state index is 9.21. The van der Waals surface area contributed by atoms with Gasteiger partial charge in [0.05, 0.1) is 12.1 Å². The van der Waals surface area contributed by atoms with Crippen LogP contribution in [0.15, 0.2) is 36.4 Å². The summed E-state index contributed by atoms with van der Waals surface area (Å²) in [6, 6.07) is 12.9. The predicted octanol–water partition coefficient (Wildman–Crippen LogP) is 2.59. The van der Waals surface area contributed by atoms with Crippen molar-refractivity contribution in [3.63, 3.8) is 0 Å². The number of anilines is 1. The zero-order valence-electron chi connectivity index (χ0n) is 10.4. The first kappa shape index (κ1) is 11.5. The number of hydrogen-bond acceptors (Lipinski definition) is 3. The van der Waals surface area contributed by atoms with Crippen molar-refractivity contribution < 1.29 is 5.11 Å². The van der Waals surface area contributed by atoms with Crippen LogP contribution in [0.2, 0.25) is 0 Å². The van der Waals surface area contributed by atoms with Crippen LogP contribution < -0.4 is 4.90 Å². The fourth-order valence-corrected chi connectivity index (χ4v) is 2.51. The van der Waals surface area contributed by atoms with Crippen LogP contribution in [0.3, 0.4) is 0 Å². The van der Waals surface area contributed by atoms with Gasteiger partial charge in [0.15, 0.2) is 0 Å². The Morgan fingerprint density at radius 2 is 2.00 bits per heavy atom. The summed E-state index contributed by atoms with van der Waals surface area (Å²) in [6.07, 6.45) is 3.73. The van der Waals surface area contributed by atoms with E-state index in [-0.39, 0.29) is 6.61 Å². The predicted molar refractivity (Wildman–Crippen MR) is 73.8 cm³/mol. The Morgan fingerprint density at radius 1 is 1.17 bits per heavy atom. The van der Waals surface area contributed by atoms with Gasteiger partial charge in [-0.1, -0.05) is 18.2 Å². The molecule has 1 fully saturated rings. The molecule has 0 aliphatic heterocycles. The second kappa shape index (κ2) is 4.94. The van der Waals surface area contributed by atoms with Crippen LogP contribution in [0.25, 0.3) is 10.9 Å². The lowest BCUT2D eigenvalue weighted by Gasteiger charge is -2.38. The van der Waals surface area contributed by atoms with Gasteiger partial charge in [-0.3, -0.25) is 0 Å². The molecule has 0 amide bonds. The van der Waals surface area contributed by atoms with E-state index >= 15 is 0 Å². The van der Waals surface area contributed by atoms with E-state index in [4.69, 9.17) is 4.98 Å². The van der Waals surface area contributed by atoms with Crippen molar-refractivity contribution in [3.8, 4) is 0 Å². The van der Waals surface area contributed by atoms with Gasteiger partial charge in [0.2, 0.25) is 0 Å². The molecule has 3 rings (SSSR count). The van der Waals surface area contributed by atoms with Gasteiger partial charge in [-0.15, -0.1) is 0 Å². The number of pyridine rings is 1. The number of fused-ring (bicyclic) bond motifs is 1. The highest BCUT2D eigenvalue weighted by atomic mass is 16.3. The average Bonchev–Trinajstić information content (AvgIpc) is 2.35. The second-order valence-electron chi connectivity index (χ2n) is 4.86. The SMILES string of the molecule is OCCN(c1ccc2ccccc2n1)C1CCC1. The third-order valence-electron chi connectivity index (χ3n) is 3.73. The summed E-state index contributed by atoms with van der Waals surface area (Å²) in [7, 11) is 0. The van der Waals surface area contributed by atoms with Crippen LogP contribution in [0.4, 0.5) is 5.82 Å². The number of aliphatic hydroxyl groups is 1. The van der Waals surface area contributed by atoms with E-state index in [1.165, 1.54) is 24.6 Å². The number of para-hydroxylation sites is 1. The Labute approximate surface area is 107 Å². The van der Waals surface area contributed by atoms with E-state index < -0.39 is 0 Å². The van der Waals surface area contributed by atoms with Crippen molar-refractivity contribution in [2.24, 2.45) is 0 Å². The molecule has 1 aromatic carbocycles. The molecule has 2 aromatic rings. The molecule has 0 saturated heterocycles. The number of hydrogen-bond donors (Lipinski definition) is 1. The molecule has 1 N–H and O–H groups in total. The Kier molecular flexibility index (Phi) is 3.15. The van der Waals surface area contributed by atoms with E-state index in [1.54, 1.807) is 0 Å². The molecule has 3 heteroatoms. The number of aliphatic hydroxyl groups excluding tert-OH is 1. The highest BCUT2D eigenvalue weighted by Gasteiger charge is 2.25. The van der Waals surface area contributed by atoms with Gasteiger partial charge in [0.25, 0.3) is 0 Å². The van der Waals surface area contributed by atoms with E-state index in [1.807, 2.05) is 18.2 Å². The average molecular weight is 242 g/mol. The number of rotatable bonds is 4. The zero-order valence-corrected chi connectivity index (χ0v) is 10.4. The van der Waals surface area contributed by atoms with Crippen molar-refractivity contribution in [1.29, 1.82) is 0 Å². The molecule has 0 radical (unpaired) electrons.